The monoisotopic (exact) mass is 351 g/mol. The van der Waals surface area contributed by atoms with Gasteiger partial charge in [0, 0.05) is 4.47 Å². The van der Waals surface area contributed by atoms with Gasteiger partial charge in [-0.1, -0.05) is 59.6 Å². The summed E-state index contributed by atoms with van der Waals surface area (Å²) < 4.78 is 0.746. The fourth-order valence-corrected chi connectivity index (χ4v) is 2.39. The van der Waals surface area contributed by atoms with Crippen LogP contribution in [0, 0.1) is 11.3 Å². The lowest BCUT2D eigenvalue weighted by molar-refractivity contribution is 1.52. The predicted octanol–water partition coefficient (Wildman–Crippen LogP) is 5.73. The summed E-state index contributed by atoms with van der Waals surface area (Å²) in [5.74, 6) is 0. The van der Waals surface area contributed by atoms with E-state index in [1.807, 2.05) is 30.3 Å². The summed E-state index contributed by atoms with van der Waals surface area (Å²) in [4.78, 5) is 0. The molecule has 0 saturated heterocycles. The number of allylic oxidation sites excluding steroid dienone is 1. The molecule has 0 radical (unpaired) electrons. The molecule has 94 valence electrons. The van der Waals surface area contributed by atoms with Gasteiger partial charge in [0.25, 0.3) is 0 Å². The van der Waals surface area contributed by atoms with E-state index in [1.165, 1.54) is 0 Å². The molecule has 2 aromatic carbocycles. The smallest absolute Gasteiger partial charge is 0.101 e. The summed E-state index contributed by atoms with van der Waals surface area (Å²) in [7, 11) is 0. The minimum absolute atomic E-state index is 0.408. The van der Waals surface area contributed by atoms with Crippen molar-refractivity contribution in [1.82, 2.24) is 0 Å². The molecule has 1 nitrogen and oxygen atoms in total. The molecule has 19 heavy (non-hydrogen) atoms. The summed E-state index contributed by atoms with van der Waals surface area (Å²) in [6.45, 7) is 0. The van der Waals surface area contributed by atoms with Crippen LogP contribution in [0.15, 0.2) is 53.0 Å². The molecule has 0 aliphatic rings. The Bertz CT molecular complexity index is 672. The van der Waals surface area contributed by atoms with E-state index in [4.69, 9.17) is 23.2 Å². The van der Waals surface area contributed by atoms with Crippen LogP contribution in [0.3, 0.4) is 0 Å². The zero-order valence-corrected chi connectivity index (χ0v) is 12.8. The van der Waals surface area contributed by atoms with E-state index in [1.54, 1.807) is 18.2 Å². The van der Waals surface area contributed by atoms with Gasteiger partial charge in [-0.3, -0.25) is 0 Å². The van der Waals surface area contributed by atoms with Gasteiger partial charge in [-0.2, -0.15) is 5.26 Å². The normalized spacial score (nSPS) is 11.7. The number of hydrogen-bond acceptors (Lipinski definition) is 1. The molecule has 0 aromatic heterocycles. The van der Waals surface area contributed by atoms with Gasteiger partial charge in [-0.15, -0.1) is 0 Å². The molecule has 0 amide bonds. The van der Waals surface area contributed by atoms with Crippen LogP contribution in [0.2, 0.25) is 5.02 Å². The van der Waals surface area contributed by atoms with E-state index >= 15 is 0 Å². The van der Waals surface area contributed by atoms with Crippen LogP contribution in [-0.4, -0.2) is 0 Å². The van der Waals surface area contributed by atoms with Crippen LogP contribution in [0.1, 0.15) is 11.1 Å². The fraction of sp³-hybridized carbons (Fsp3) is 0. The van der Waals surface area contributed by atoms with Crippen molar-refractivity contribution in [2.75, 3.05) is 0 Å². The van der Waals surface area contributed by atoms with E-state index in [9.17, 15) is 5.26 Å². The quantitative estimate of drug-likeness (QED) is 0.499. The number of nitriles is 1. The second-order valence-electron chi connectivity index (χ2n) is 3.80. The van der Waals surface area contributed by atoms with E-state index < -0.39 is 0 Å². The highest BCUT2D eigenvalue weighted by Crippen LogP contribution is 2.32. The highest BCUT2D eigenvalue weighted by Gasteiger charge is 2.10. The number of benzene rings is 2. The molecule has 0 atom stereocenters. The van der Waals surface area contributed by atoms with Crippen LogP contribution in [0.5, 0.6) is 0 Å². The largest absolute Gasteiger partial charge is 0.192 e. The minimum Gasteiger partial charge on any atom is -0.192 e. The molecule has 4 heteroatoms. The highest BCUT2D eigenvalue weighted by atomic mass is 79.9. The Morgan fingerprint density at radius 2 is 1.74 bits per heavy atom. The van der Waals surface area contributed by atoms with Gasteiger partial charge >= 0.3 is 0 Å². The third-order valence-electron chi connectivity index (χ3n) is 2.57. The van der Waals surface area contributed by atoms with Crippen molar-refractivity contribution in [3.63, 3.8) is 0 Å². The molecule has 2 rings (SSSR count). The molecule has 0 bridgehead atoms. The summed E-state index contributed by atoms with van der Waals surface area (Å²) in [5.41, 5.74) is 1.98. The lowest BCUT2D eigenvalue weighted by Gasteiger charge is -2.06. The fourth-order valence-electron chi connectivity index (χ4n) is 1.62. The van der Waals surface area contributed by atoms with Crippen LogP contribution in [0.25, 0.3) is 10.6 Å². The first-order valence-electron chi connectivity index (χ1n) is 5.44. The Kier molecular flexibility index (Phi) is 4.66. The van der Waals surface area contributed by atoms with Crippen molar-refractivity contribution >= 4 is 49.7 Å². The van der Waals surface area contributed by atoms with Crippen molar-refractivity contribution in [2.24, 2.45) is 0 Å². The average molecular weight is 353 g/mol. The lowest BCUT2D eigenvalue weighted by atomic mass is 10.0. The van der Waals surface area contributed by atoms with E-state index in [0.29, 0.717) is 15.6 Å². The number of hydrogen-bond donors (Lipinski definition) is 0. The van der Waals surface area contributed by atoms with Crippen molar-refractivity contribution in [1.29, 1.82) is 5.26 Å². The first kappa shape index (κ1) is 14.1. The maximum absolute atomic E-state index is 9.30. The molecular weight excluding hydrogens is 345 g/mol. The van der Waals surface area contributed by atoms with E-state index in [0.717, 1.165) is 15.6 Å². The van der Waals surface area contributed by atoms with Crippen LogP contribution in [0.4, 0.5) is 0 Å². The number of halogens is 3. The highest BCUT2D eigenvalue weighted by molar-refractivity contribution is 9.10. The van der Waals surface area contributed by atoms with Gasteiger partial charge in [0.1, 0.15) is 6.07 Å². The van der Waals surface area contributed by atoms with Gasteiger partial charge < -0.3 is 0 Å². The van der Waals surface area contributed by atoms with Gasteiger partial charge in [0.15, 0.2) is 0 Å². The molecule has 0 spiro atoms. The van der Waals surface area contributed by atoms with Gasteiger partial charge in [-0.25, -0.2) is 0 Å². The SMILES string of the molecule is N#C/C(=C(/Cl)c1ccc(Cl)c(Br)c1)c1ccccc1. The van der Waals surface area contributed by atoms with Crippen molar-refractivity contribution < 1.29 is 0 Å². The summed E-state index contributed by atoms with van der Waals surface area (Å²) in [6, 6.07) is 16.8. The maximum Gasteiger partial charge on any atom is 0.101 e. The Morgan fingerprint density at radius 1 is 1.05 bits per heavy atom. The maximum atomic E-state index is 9.30. The van der Waals surface area contributed by atoms with Gasteiger partial charge in [0.05, 0.1) is 15.6 Å². The average Bonchev–Trinajstić information content (AvgIpc) is 2.44. The van der Waals surface area contributed by atoms with Crippen LogP contribution < -0.4 is 0 Å². The van der Waals surface area contributed by atoms with Crippen molar-refractivity contribution in [3.05, 3.63) is 69.2 Å². The molecule has 0 N–H and O–H groups in total. The summed E-state index contributed by atoms with van der Waals surface area (Å²) in [5, 5.41) is 10.3. The molecule has 0 saturated carbocycles. The second-order valence-corrected chi connectivity index (χ2v) is 5.44. The van der Waals surface area contributed by atoms with E-state index in [-0.39, 0.29) is 0 Å². The van der Waals surface area contributed by atoms with Crippen molar-refractivity contribution in [2.45, 2.75) is 0 Å². The molecule has 0 aliphatic heterocycles. The Labute approximate surface area is 130 Å². The minimum atomic E-state index is 0.408. The Hall–Kier alpha value is -1.27. The number of rotatable bonds is 2. The molecule has 2 aromatic rings. The van der Waals surface area contributed by atoms with Gasteiger partial charge in [0.2, 0.25) is 0 Å². The van der Waals surface area contributed by atoms with Crippen LogP contribution in [-0.2, 0) is 0 Å². The standard InChI is InChI=1S/C15H8BrCl2N/c16-13-8-11(6-7-14(13)17)15(18)12(9-19)10-4-2-1-3-5-10/h1-8H/b15-12-. The zero-order valence-electron chi connectivity index (χ0n) is 9.70. The molecule has 0 unspecified atom stereocenters. The molecule has 0 heterocycles. The first-order valence-corrected chi connectivity index (χ1v) is 6.99. The Morgan fingerprint density at radius 3 is 2.32 bits per heavy atom. The summed E-state index contributed by atoms with van der Waals surface area (Å²) >= 11 is 15.6. The Balaban J connectivity index is 2.56. The first-order chi connectivity index (χ1) is 9.13. The number of nitrogens with zero attached hydrogens (tertiary/aromatic N) is 1. The van der Waals surface area contributed by atoms with E-state index in [2.05, 4.69) is 22.0 Å². The van der Waals surface area contributed by atoms with Crippen molar-refractivity contribution in [3.8, 4) is 6.07 Å². The zero-order chi connectivity index (χ0) is 13.8. The molecule has 0 fully saturated rings. The van der Waals surface area contributed by atoms with Crippen LogP contribution >= 0.6 is 39.1 Å². The topological polar surface area (TPSA) is 23.8 Å². The third-order valence-corrected chi connectivity index (χ3v) is 4.19. The predicted molar refractivity (Wildman–Crippen MR) is 83.9 cm³/mol. The molecule has 0 aliphatic carbocycles. The molecular formula is C15H8BrCl2N. The lowest BCUT2D eigenvalue weighted by Crippen LogP contribution is -1.86. The van der Waals surface area contributed by atoms with Gasteiger partial charge in [-0.05, 0) is 39.2 Å². The summed E-state index contributed by atoms with van der Waals surface area (Å²) in [6.07, 6.45) is 0. The second kappa shape index (κ2) is 6.25. The third kappa shape index (κ3) is 3.19.